The summed E-state index contributed by atoms with van der Waals surface area (Å²) < 4.78 is 27.3. The highest BCUT2D eigenvalue weighted by Gasteiger charge is 2.29. The maximum absolute atomic E-state index is 12.2. The molecule has 0 radical (unpaired) electrons. The van der Waals surface area contributed by atoms with E-state index in [1.165, 1.54) is 0 Å². The minimum Gasteiger partial charge on any atom is -0.395 e. The molecule has 18 heavy (non-hydrogen) atoms. The number of aliphatic hydroxyl groups is 1. The zero-order chi connectivity index (χ0) is 14.1. The van der Waals surface area contributed by atoms with Crippen LogP contribution in [0, 0.1) is 5.92 Å². The van der Waals surface area contributed by atoms with Gasteiger partial charge in [-0.3, -0.25) is 0 Å². The first-order valence-corrected chi connectivity index (χ1v) is 8.82. The fraction of sp³-hybridized carbons (Fsp3) is 0.556. The zero-order valence-corrected chi connectivity index (χ0v) is 14.3. The normalized spacial score (nSPS) is 14.2. The van der Waals surface area contributed by atoms with Gasteiger partial charge in [0, 0.05) is 6.04 Å². The molecule has 1 atom stereocenters. The Morgan fingerprint density at radius 2 is 1.94 bits per heavy atom. The molecule has 1 heterocycles. The van der Waals surface area contributed by atoms with Gasteiger partial charge in [0.1, 0.15) is 13.6 Å². The Labute approximate surface area is 128 Å². The van der Waals surface area contributed by atoms with E-state index in [-0.39, 0.29) is 30.6 Å². The zero-order valence-electron chi connectivity index (χ0n) is 9.58. The molecule has 0 aromatic carbocycles. The summed E-state index contributed by atoms with van der Waals surface area (Å²) in [5.74, 6) is -0.0450. The van der Waals surface area contributed by atoms with Crippen LogP contribution < -0.4 is 4.72 Å². The Morgan fingerprint density at radius 1 is 1.39 bits per heavy atom. The Balaban J connectivity index is 3.14. The van der Waals surface area contributed by atoms with E-state index in [1.54, 1.807) is 13.8 Å². The third kappa shape index (κ3) is 3.59. The molecule has 0 fully saturated rings. The highest BCUT2D eigenvalue weighted by atomic mass is 79.9. The van der Waals surface area contributed by atoms with E-state index in [0.717, 1.165) is 11.3 Å². The first kappa shape index (κ1) is 16.7. The van der Waals surface area contributed by atoms with Gasteiger partial charge in [0.25, 0.3) is 0 Å². The topological polar surface area (TPSA) is 66.4 Å². The summed E-state index contributed by atoms with van der Waals surface area (Å²) in [6.07, 6.45) is 0. The Kier molecular flexibility index (Phi) is 5.92. The van der Waals surface area contributed by atoms with Crippen LogP contribution in [-0.4, -0.2) is 26.2 Å². The molecule has 1 aromatic heterocycles. The van der Waals surface area contributed by atoms with E-state index in [9.17, 15) is 8.42 Å². The second kappa shape index (κ2) is 6.39. The summed E-state index contributed by atoms with van der Waals surface area (Å²) >= 11 is 15.7. The molecule has 4 nitrogen and oxygen atoms in total. The predicted molar refractivity (Wildman–Crippen MR) is 78.1 cm³/mol. The summed E-state index contributed by atoms with van der Waals surface area (Å²) in [5.41, 5.74) is 0. The van der Waals surface area contributed by atoms with Crippen LogP contribution in [0.4, 0.5) is 0 Å². The first-order chi connectivity index (χ1) is 8.20. The van der Waals surface area contributed by atoms with E-state index in [1.807, 2.05) is 0 Å². The highest BCUT2D eigenvalue weighted by molar-refractivity contribution is 9.10. The van der Waals surface area contributed by atoms with Gasteiger partial charge in [-0.05, 0) is 21.8 Å². The van der Waals surface area contributed by atoms with Gasteiger partial charge in [0.2, 0.25) is 10.0 Å². The summed E-state index contributed by atoms with van der Waals surface area (Å²) in [7, 11) is -3.82. The lowest BCUT2D eigenvalue weighted by molar-refractivity contribution is 0.227. The van der Waals surface area contributed by atoms with Gasteiger partial charge in [0.15, 0.2) is 0 Å². The quantitative estimate of drug-likeness (QED) is 0.803. The van der Waals surface area contributed by atoms with Crippen molar-refractivity contribution in [3.63, 3.8) is 0 Å². The number of aliphatic hydroxyl groups excluding tert-OH is 1. The largest absolute Gasteiger partial charge is 0.395 e. The lowest BCUT2D eigenvalue weighted by Gasteiger charge is -2.19. The molecule has 0 aliphatic carbocycles. The van der Waals surface area contributed by atoms with Crippen molar-refractivity contribution in [1.82, 2.24) is 4.72 Å². The highest BCUT2D eigenvalue weighted by Crippen LogP contribution is 2.42. The predicted octanol–water partition coefficient (Wildman–Crippen LogP) is 3.11. The van der Waals surface area contributed by atoms with Crippen LogP contribution in [0.2, 0.25) is 8.67 Å². The number of thiophene rings is 1. The monoisotopic (exact) mass is 395 g/mol. The Morgan fingerprint density at radius 3 is 2.28 bits per heavy atom. The molecule has 1 unspecified atom stereocenters. The third-order valence-electron chi connectivity index (χ3n) is 2.31. The van der Waals surface area contributed by atoms with Gasteiger partial charge in [-0.15, -0.1) is 11.3 Å². The van der Waals surface area contributed by atoms with E-state index in [2.05, 4.69) is 20.7 Å². The van der Waals surface area contributed by atoms with Crippen molar-refractivity contribution in [2.45, 2.75) is 24.8 Å². The molecule has 0 aliphatic rings. The minimum atomic E-state index is -3.82. The van der Waals surface area contributed by atoms with E-state index < -0.39 is 16.1 Å². The summed E-state index contributed by atoms with van der Waals surface area (Å²) in [6, 6.07) is -0.573. The number of nitrogens with one attached hydrogen (secondary N) is 1. The molecule has 0 saturated heterocycles. The van der Waals surface area contributed by atoms with Gasteiger partial charge >= 0.3 is 0 Å². The summed E-state index contributed by atoms with van der Waals surface area (Å²) in [4.78, 5) is -0.0849. The van der Waals surface area contributed by atoms with Crippen molar-refractivity contribution in [2.75, 3.05) is 6.61 Å². The molecule has 0 aliphatic heterocycles. The molecular formula is C9H12BrCl2NO3S2. The van der Waals surface area contributed by atoms with Crippen molar-refractivity contribution in [2.24, 2.45) is 5.92 Å². The van der Waals surface area contributed by atoms with Crippen LogP contribution >= 0.6 is 50.5 Å². The van der Waals surface area contributed by atoms with Crippen molar-refractivity contribution < 1.29 is 13.5 Å². The Hall–Kier alpha value is 0.630. The van der Waals surface area contributed by atoms with Crippen LogP contribution in [0.5, 0.6) is 0 Å². The second-order valence-corrected chi connectivity index (χ2v) is 8.62. The fourth-order valence-corrected chi connectivity index (χ4v) is 6.14. The molecule has 0 bridgehead atoms. The molecular weight excluding hydrogens is 385 g/mol. The van der Waals surface area contributed by atoms with Crippen LogP contribution in [-0.2, 0) is 10.0 Å². The molecule has 9 heteroatoms. The standard InChI is InChI=1S/C9H12BrCl2NO3S2/c1-4(2)5(3-14)13-18(15,16)7-6(10)8(11)17-9(7)12/h4-5,13-14H,3H2,1-2H3. The van der Waals surface area contributed by atoms with Gasteiger partial charge in [-0.2, -0.15) is 0 Å². The smallest absolute Gasteiger partial charge is 0.244 e. The lowest BCUT2D eigenvalue weighted by Crippen LogP contribution is -2.41. The average molecular weight is 397 g/mol. The van der Waals surface area contributed by atoms with Crippen molar-refractivity contribution in [1.29, 1.82) is 0 Å². The molecule has 1 rings (SSSR count). The lowest BCUT2D eigenvalue weighted by atomic mass is 10.1. The maximum Gasteiger partial charge on any atom is 0.244 e. The number of hydrogen-bond acceptors (Lipinski definition) is 4. The van der Waals surface area contributed by atoms with Gasteiger partial charge in [-0.1, -0.05) is 37.0 Å². The molecule has 0 spiro atoms. The maximum atomic E-state index is 12.2. The molecule has 1 aromatic rings. The van der Waals surface area contributed by atoms with E-state index in [4.69, 9.17) is 28.3 Å². The summed E-state index contributed by atoms with van der Waals surface area (Å²) in [6.45, 7) is 3.32. The van der Waals surface area contributed by atoms with E-state index >= 15 is 0 Å². The summed E-state index contributed by atoms with van der Waals surface area (Å²) in [5, 5.41) is 9.16. The van der Waals surface area contributed by atoms with Crippen LogP contribution in [0.15, 0.2) is 9.37 Å². The molecule has 0 amide bonds. The van der Waals surface area contributed by atoms with Crippen molar-refractivity contribution >= 4 is 60.5 Å². The van der Waals surface area contributed by atoms with Crippen molar-refractivity contribution in [3.05, 3.63) is 13.1 Å². The number of hydrogen-bond donors (Lipinski definition) is 2. The van der Waals surface area contributed by atoms with Crippen molar-refractivity contribution in [3.8, 4) is 0 Å². The minimum absolute atomic E-state index is 0.0450. The van der Waals surface area contributed by atoms with Crippen LogP contribution in [0.1, 0.15) is 13.8 Å². The first-order valence-electron chi connectivity index (χ1n) is 4.97. The average Bonchev–Trinajstić information content (AvgIpc) is 2.49. The molecule has 0 saturated carbocycles. The number of sulfonamides is 1. The van der Waals surface area contributed by atoms with Gasteiger partial charge < -0.3 is 5.11 Å². The SMILES string of the molecule is CC(C)C(CO)NS(=O)(=O)c1c(Cl)sc(Cl)c1Br. The second-order valence-electron chi connectivity index (χ2n) is 3.95. The fourth-order valence-electron chi connectivity index (χ4n) is 1.21. The van der Waals surface area contributed by atoms with Crippen LogP contribution in [0.3, 0.4) is 0 Å². The van der Waals surface area contributed by atoms with Crippen LogP contribution in [0.25, 0.3) is 0 Å². The third-order valence-corrected chi connectivity index (χ3v) is 7.26. The van der Waals surface area contributed by atoms with Gasteiger partial charge in [0.05, 0.1) is 11.1 Å². The molecule has 104 valence electrons. The number of rotatable bonds is 5. The molecule has 2 N–H and O–H groups in total. The van der Waals surface area contributed by atoms with E-state index in [0.29, 0.717) is 0 Å². The number of halogens is 3. The van der Waals surface area contributed by atoms with Gasteiger partial charge in [-0.25, -0.2) is 13.1 Å². The Bertz CT molecular complexity index is 530.